The second kappa shape index (κ2) is 6.14. The maximum absolute atomic E-state index is 12.5. The molecule has 0 radical (unpaired) electrons. The third kappa shape index (κ3) is 2.93. The van der Waals surface area contributed by atoms with Gasteiger partial charge < -0.3 is 5.11 Å². The summed E-state index contributed by atoms with van der Waals surface area (Å²) in [6.07, 6.45) is 0. The highest BCUT2D eigenvalue weighted by molar-refractivity contribution is 7.92. The lowest BCUT2D eigenvalue weighted by molar-refractivity contribution is 0.107. The van der Waals surface area contributed by atoms with Crippen LogP contribution in [0.4, 0.5) is 5.69 Å². The van der Waals surface area contributed by atoms with Crippen molar-refractivity contribution in [2.45, 2.75) is 4.90 Å². The van der Waals surface area contributed by atoms with E-state index in [9.17, 15) is 18.3 Å². The fourth-order valence-corrected chi connectivity index (χ4v) is 3.65. The number of phenols is 1. The molecule has 0 fully saturated rings. The van der Waals surface area contributed by atoms with Crippen molar-refractivity contribution in [3.8, 4) is 5.75 Å². The molecular weight excluding hydrogens is 350 g/mol. The quantitative estimate of drug-likeness (QED) is 0.693. The Morgan fingerprint density at radius 2 is 1.62 bits per heavy atom. The lowest BCUT2D eigenvalue weighted by Gasteiger charge is -2.12. The number of rotatable bonds is 4. The zero-order valence-electron chi connectivity index (χ0n) is 12.2. The predicted molar refractivity (Wildman–Crippen MR) is 93.0 cm³/mol. The lowest BCUT2D eigenvalue weighted by atomic mass is 10.0. The summed E-state index contributed by atoms with van der Waals surface area (Å²) in [5.74, 6) is -0.284. The second-order valence-electron chi connectivity index (χ2n) is 5.05. The van der Waals surface area contributed by atoms with Gasteiger partial charge in [0.2, 0.25) is 0 Å². The molecule has 0 unspecified atom stereocenters. The Morgan fingerprint density at radius 1 is 0.917 bits per heavy atom. The van der Waals surface area contributed by atoms with Crippen molar-refractivity contribution in [3.05, 3.63) is 66.2 Å². The van der Waals surface area contributed by atoms with E-state index in [1.165, 1.54) is 24.3 Å². The molecule has 0 bridgehead atoms. The number of phenolic OH excluding ortho intramolecular Hbond substituents is 1. The van der Waals surface area contributed by atoms with Crippen LogP contribution in [0, 0.1) is 0 Å². The number of aromatic hydroxyl groups is 1. The van der Waals surface area contributed by atoms with Crippen LogP contribution in [0.5, 0.6) is 5.75 Å². The number of fused-ring (bicyclic) bond motifs is 1. The Bertz CT molecular complexity index is 1030. The molecule has 3 aromatic rings. The lowest BCUT2D eigenvalue weighted by Crippen LogP contribution is -2.13. The van der Waals surface area contributed by atoms with Crippen LogP contribution in [-0.4, -0.2) is 18.8 Å². The van der Waals surface area contributed by atoms with E-state index in [-0.39, 0.29) is 16.2 Å². The number of sulfonamides is 1. The average Bonchev–Trinajstić information content (AvgIpc) is 2.56. The number of nitrogens with one attached hydrogen (secondary N) is 1. The summed E-state index contributed by atoms with van der Waals surface area (Å²) >= 11 is 5.42. The van der Waals surface area contributed by atoms with Gasteiger partial charge in [0, 0.05) is 10.8 Å². The molecule has 0 saturated carbocycles. The molecule has 5 nitrogen and oxygen atoms in total. The number of hydrogen-bond acceptors (Lipinski definition) is 4. The second-order valence-corrected chi connectivity index (χ2v) is 7.08. The van der Waals surface area contributed by atoms with Crippen LogP contribution in [0.2, 0.25) is 0 Å². The molecule has 0 aliphatic rings. The number of benzene rings is 3. The summed E-state index contributed by atoms with van der Waals surface area (Å²) in [5.41, 5.74) is 0.257. The molecule has 0 aromatic heterocycles. The molecule has 0 aliphatic heterocycles. The summed E-state index contributed by atoms with van der Waals surface area (Å²) < 4.78 is 27.4. The Balaban J connectivity index is 2.11. The first-order valence-corrected chi connectivity index (χ1v) is 8.78. The number of anilines is 1. The maximum atomic E-state index is 12.5. The van der Waals surface area contributed by atoms with E-state index < -0.39 is 15.3 Å². The van der Waals surface area contributed by atoms with Gasteiger partial charge in [0.15, 0.2) is 0 Å². The Kier molecular flexibility index (Phi) is 4.17. The summed E-state index contributed by atoms with van der Waals surface area (Å²) in [6, 6.07) is 15.6. The highest BCUT2D eigenvalue weighted by Gasteiger charge is 2.17. The van der Waals surface area contributed by atoms with Gasteiger partial charge in [-0.05, 0) is 35.9 Å². The molecule has 24 heavy (non-hydrogen) atoms. The van der Waals surface area contributed by atoms with Gasteiger partial charge in [-0.2, -0.15) is 0 Å². The van der Waals surface area contributed by atoms with Gasteiger partial charge in [0.1, 0.15) is 5.75 Å². The number of carbonyl (C=O) groups excluding carboxylic acids is 1. The highest BCUT2D eigenvalue weighted by atomic mass is 35.5. The summed E-state index contributed by atoms with van der Waals surface area (Å²) in [7, 11) is -3.77. The topological polar surface area (TPSA) is 83.5 Å². The fraction of sp³-hybridized carbons (Fsp3) is 0. The van der Waals surface area contributed by atoms with Crippen molar-refractivity contribution in [2.75, 3.05) is 4.72 Å². The number of carbonyl (C=O) groups is 1. The Labute approximate surface area is 143 Å². The molecule has 0 heterocycles. The molecule has 0 spiro atoms. The summed E-state index contributed by atoms with van der Waals surface area (Å²) in [5, 5.41) is 10.2. The van der Waals surface area contributed by atoms with Crippen molar-refractivity contribution in [2.24, 2.45) is 0 Å². The standard InChI is InChI=1S/C17H12ClNO4S/c18-17(21)14-10-9-12-13(16(14)20)7-4-8-15(12)19-24(22,23)11-5-2-1-3-6-11/h1-10,19-20H. The van der Waals surface area contributed by atoms with Gasteiger partial charge in [-0.15, -0.1) is 0 Å². The molecule has 0 saturated heterocycles. The Morgan fingerprint density at radius 3 is 2.29 bits per heavy atom. The monoisotopic (exact) mass is 361 g/mol. The largest absolute Gasteiger partial charge is 0.506 e. The fourth-order valence-electron chi connectivity index (χ4n) is 2.39. The van der Waals surface area contributed by atoms with Crippen molar-refractivity contribution in [1.82, 2.24) is 0 Å². The predicted octanol–water partition coefficient (Wildman–Crippen LogP) is 3.73. The van der Waals surface area contributed by atoms with Crippen molar-refractivity contribution in [1.29, 1.82) is 0 Å². The SMILES string of the molecule is O=C(Cl)c1ccc2c(NS(=O)(=O)c3ccccc3)cccc2c1O. The third-order valence-corrected chi connectivity index (χ3v) is 5.13. The maximum Gasteiger partial charge on any atom is 0.261 e. The van der Waals surface area contributed by atoms with Crippen molar-refractivity contribution in [3.63, 3.8) is 0 Å². The molecule has 0 amide bonds. The van der Waals surface area contributed by atoms with E-state index in [0.29, 0.717) is 16.5 Å². The van der Waals surface area contributed by atoms with Gasteiger partial charge in [-0.25, -0.2) is 8.42 Å². The molecular formula is C17H12ClNO4S. The van der Waals surface area contributed by atoms with E-state index >= 15 is 0 Å². The molecule has 7 heteroatoms. The summed E-state index contributed by atoms with van der Waals surface area (Å²) in [4.78, 5) is 11.4. The van der Waals surface area contributed by atoms with Crippen LogP contribution in [0.3, 0.4) is 0 Å². The minimum Gasteiger partial charge on any atom is -0.506 e. The van der Waals surface area contributed by atoms with Gasteiger partial charge in [-0.1, -0.05) is 36.4 Å². The molecule has 3 rings (SSSR count). The third-order valence-electron chi connectivity index (χ3n) is 3.54. The minimum atomic E-state index is -3.77. The molecule has 0 atom stereocenters. The highest BCUT2D eigenvalue weighted by Crippen LogP contribution is 2.34. The zero-order chi connectivity index (χ0) is 17.3. The molecule has 0 aliphatic carbocycles. The first-order valence-electron chi connectivity index (χ1n) is 6.92. The van der Waals surface area contributed by atoms with E-state index in [1.807, 2.05) is 0 Å². The van der Waals surface area contributed by atoms with Gasteiger partial charge >= 0.3 is 0 Å². The first-order chi connectivity index (χ1) is 11.4. The van der Waals surface area contributed by atoms with Crippen molar-refractivity contribution < 1.29 is 18.3 Å². The minimum absolute atomic E-state index is 0.0350. The number of hydrogen-bond donors (Lipinski definition) is 2. The molecule has 2 N–H and O–H groups in total. The van der Waals surface area contributed by atoms with E-state index in [4.69, 9.17) is 11.6 Å². The Hall–Kier alpha value is -2.57. The first kappa shape index (κ1) is 16.3. The van der Waals surface area contributed by atoms with Crippen LogP contribution in [-0.2, 0) is 10.0 Å². The van der Waals surface area contributed by atoms with E-state index in [2.05, 4.69) is 4.72 Å². The average molecular weight is 362 g/mol. The number of halogens is 1. The zero-order valence-corrected chi connectivity index (χ0v) is 13.8. The summed E-state index contributed by atoms with van der Waals surface area (Å²) in [6.45, 7) is 0. The van der Waals surface area contributed by atoms with Crippen LogP contribution in [0.15, 0.2) is 65.6 Å². The van der Waals surface area contributed by atoms with Gasteiger partial charge in [-0.3, -0.25) is 9.52 Å². The smallest absolute Gasteiger partial charge is 0.261 e. The molecule has 3 aromatic carbocycles. The normalized spacial score (nSPS) is 11.4. The van der Waals surface area contributed by atoms with Crippen LogP contribution in [0.25, 0.3) is 10.8 Å². The van der Waals surface area contributed by atoms with Gasteiger partial charge in [0.25, 0.3) is 15.3 Å². The van der Waals surface area contributed by atoms with Crippen LogP contribution < -0.4 is 4.72 Å². The molecule has 122 valence electrons. The van der Waals surface area contributed by atoms with E-state index in [0.717, 1.165) is 0 Å². The van der Waals surface area contributed by atoms with Crippen LogP contribution >= 0.6 is 11.6 Å². The van der Waals surface area contributed by atoms with Crippen LogP contribution in [0.1, 0.15) is 10.4 Å². The van der Waals surface area contributed by atoms with Crippen molar-refractivity contribution >= 4 is 43.3 Å². The van der Waals surface area contributed by atoms with E-state index in [1.54, 1.807) is 36.4 Å². The van der Waals surface area contributed by atoms with Gasteiger partial charge in [0.05, 0.1) is 16.1 Å².